The molecule has 1 saturated carbocycles. The predicted molar refractivity (Wildman–Crippen MR) is 173 cm³/mol. The van der Waals surface area contributed by atoms with Crippen LogP contribution in [-0.2, 0) is 38.7 Å². The van der Waals surface area contributed by atoms with Gasteiger partial charge in [-0.05, 0) is 54.5 Å². The molecule has 5 N–H and O–H groups in total. The van der Waals surface area contributed by atoms with Crippen molar-refractivity contribution in [1.29, 1.82) is 5.41 Å². The minimum atomic E-state index is -4.28. The van der Waals surface area contributed by atoms with Crippen LogP contribution in [0.25, 0.3) is 10.8 Å². The van der Waals surface area contributed by atoms with Crippen molar-refractivity contribution in [3.05, 3.63) is 42.5 Å². The number of alkyl carbamates (subject to hydrolysis) is 1. The SMILES string of the molecule is COC(=O)NC(=N)N1CCC[C@@H](CNC(=O)C[C@H](NS(=O)(=O)c2ccc3ccccc3c2)C(=O)N(CCNC(=O)C(=O)OC)C2CC2)C1. The summed E-state index contributed by atoms with van der Waals surface area (Å²) in [6, 6.07) is 10.1. The van der Waals surface area contributed by atoms with Gasteiger partial charge in [-0.1, -0.05) is 30.3 Å². The lowest BCUT2D eigenvalue weighted by atomic mass is 9.98. The van der Waals surface area contributed by atoms with Crippen LogP contribution < -0.4 is 20.7 Å². The van der Waals surface area contributed by atoms with Crippen molar-refractivity contribution in [1.82, 2.24) is 30.5 Å². The van der Waals surface area contributed by atoms with Gasteiger partial charge >= 0.3 is 18.0 Å². The zero-order valence-corrected chi connectivity index (χ0v) is 27.6. The standard InChI is InChI=1S/C31H41N7O9S/c1-46-29(42)27(40)33-13-15-38(23-10-11-23)28(41)25(36-48(44,45)24-12-9-21-7-3-4-8-22(21)16-24)17-26(39)34-18-20-6-5-14-37(19-20)30(32)35-31(43)47-2/h3-4,7-9,12,16,20,23,25,36H,5-6,10-11,13-15,17-19H2,1-2H3,(H,33,40)(H,34,39)(H2,32,35,43)/t20-,25-/m0/s1. The van der Waals surface area contributed by atoms with Gasteiger partial charge in [0.1, 0.15) is 6.04 Å². The molecular weight excluding hydrogens is 646 g/mol. The summed E-state index contributed by atoms with van der Waals surface area (Å²) in [5.74, 6) is -3.47. The maximum absolute atomic E-state index is 13.9. The van der Waals surface area contributed by atoms with Gasteiger partial charge in [-0.15, -0.1) is 0 Å². The quantitative estimate of drug-likeness (QED) is 0.0889. The number of amides is 4. The minimum Gasteiger partial charge on any atom is -0.462 e. The smallest absolute Gasteiger partial charge is 0.413 e. The van der Waals surface area contributed by atoms with Crippen LogP contribution in [0.1, 0.15) is 32.1 Å². The first-order valence-corrected chi connectivity index (χ1v) is 17.0. The van der Waals surface area contributed by atoms with Crippen molar-refractivity contribution < 1.29 is 41.9 Å². The van der Waals surface area contributed by atoms with Gasteiger partial charge in [0.25, 0.3) is 0 Å². The van der Waals surface area contributed by atoms with E-state index < -0.39 is 52.3 Å². The first-order chi connectivity index (χ1) is 22.9. The zero-order valence-electron chi connectivity index (χ0n) is 26.8. The van der Waals surface area contributed by atoms with E-state index in [0.29, 0.717) is 37.7 Å². The largest absolute Gasteiger partial charge is 0.462 e. The summed E-state index contributed by atoms with van der Waals surface area (Å²) in [6.07, 6.45) is 1.51. The summed E-state index contributed by atoms with van der Waals surface area (Å²) in [7, 11) is -2.01. The van der Waals surface area contributed by atoms with Crippen LogP contribution in [0.4, 0.5) is 4.79 Å². The Kier molecular flexibility index (Phi) is 12.3. The van der Waals surface area contributed by atoms with E-state index in [1.807, 2.05) is 12.1 Å². The van der Waals surface area contributed by atoms with Crippen molar-refractivity contribution in [2.75, 3.05) is 46.9 Å². The van der Waals surface area contributed by atoms with Crippen molar-refractivity contribution in [2.24, 2.45) is 5.92 Å². The number of nitrogens with one attached hydrogen (secondary N) is 5. The first kappa shape index (κ1) is 36.1. The molecule has 260 valence electrons. The van der Waals surface area contributed by atoms with Gasteiger partial charge in [0.2, 0.25) is 27.8 Å². The fourth-order valence-corrected chi connectivity index (χ4v) is 6.68. The Morgan fingerprint density at radius 2 is 1.73 bits per heavy atom. The molecule has 0 bridgehead atoms. The third-order valence-corrected chi connectivity index (χ3v) is 9.59. The fourth-order valence-electron chi connectivity index (χ4n) is 5.46. The van der Waals surface area contributed by atoms with E-state index in [1.165, 1.54) is 24.1 Å². The van der Waals surface area contributed by atoms with Crippen LogP contribution in [0, 0.1) is 11.3 Å². The van der Waals surface area contributed by atoms with E-state index in [1.54, 1.807) is 23.1 Å². The third-order valence-electron chi connectivity index (χ3n) is 8.13. The number of fused-ring (bicyclic) bond motifs is 1. The van der Waals surface area contributed by atoms with Crippen LogP contribution in [0.3, 0.4) is 0 Å². The van der Waals surface area contributed by atoms with Gasteiger partial charge in [0.05, 0.1) is 25.5 Å². The van der Waals surface area contributed by atoms with Gasteiger partial charge in [0, 0.05) is 38.8 Å². The van der Waals surface area contributed by atoms with Gasteiger partial charge in [-0.3, -0.25) is 25.1 Å². The van der Waals surface area contributed by atoms with Gasteiger partial charge in [0.15, 0.2) is 0 Å². The Bertz CT molecular complexity index is 1650. The van der Waals surface area contributed by atoms with Gasteiger partial charge < -0.3 is 29.9 Å². The lowest BCUT2D eigenvalue weighted by Gasteiger charge is -2.34. The van der Waals surface area contributed by atoms with Crippen LogP contribution in [0.2, 0.25) is 0 Å². The highest BCUT2D eigenvalue weighted by Gasteiger charge is 2.38. The second kappa shape index (κ2) is 16.4. The number of likely N-dealkylation sites (tertiary alicyclic amines) is 1. The zero-order chi connectivity index (χ0) is 34.8. The molecule has 0 unspecified atom stereocenters. The molecule has 4 rings (SSSR count). The molecule has 2 aromatic carbocycles. The highest BCUT2D eigenvalue weighted by molar-refractivity contribution is 7.89. The molecule has 1 saturated heterocycles. The average Bonchev–Trinajstić information content (AvgIpc) is 3.93. The second-order valence-electron chi connectivity index (χ2n) is 11.6. The Labute approximate surface area is 278 Å². The first-order valence-electron chi connectivity index (χ1n) is 15.5. The van der Waals surface area contributed by atoms with Gasteiger partial charge in [-0.25, -0.2) is 18.0 Å². The average molecular weight is 688 g/mol. The summed E-state index contributed by atoms with van der Waals surface area (Å²) < 4.78 is 38.6. The summed E-state index contributed by atoms with van der Waals surface area (Å²) in [6.45, 7) is 1.01. The van der Waals surface area contributed by atoms with E-state index in [0.717, 1.165) is 18.9 Å². The predicted octanol–water partition coefficient (Wildman–Crippen LogP) is 0.276. The van der Waals surface area contributed by atoms with Crippen LogP contribution >= 0.6 is 0 Å². The molecule has 2 aliphatic rings. The number of rotatable bonds is 12. The van der Waals surface area contributed by atoms with E-state index >= 15 is 0 Å². The maximum atomic E-state index is 13.9. The number of esters is 1. The number of carbonyl (C=O) groups excluding carboxylic acids is 5. The monoisotopic (exact) mass is 687 g/mol. The molecule has 0 spiro atoms. The van der Waals surface area contributed by atoms with E-state index in [-0.39, 0.29) is 42.4 Å². The number of piperidine rings is 1. The van der Waals surface area contributed by atoms with Gasteiger partial charge in [-0.2, -0.15) is 4.72 Å². The Hall–Kier alpha value is -4.77. The molecule has 0 aromatic heterocycles. The number of sulfonamides is 1. The number of nitrogens with zero attached hydrogens (tertiary/aromatic N) is 2. The third kappa shape index (κ3) is 9.87. The maximum Gasteiger partial charge on any atom is 0.413 e. The fraction of sp³-hybridized carbons (Fsp3) is 0.484. The minimum absolute atomic E-state index is 0.0223. The van der Waals surface area contributed by atoms with Crippen molar-refractivity contribution in [3.8, 4) is 0 Å². The number of hydrogen-bond donors (Lipinski definition) is 5. The van der Waals surface area contributed by atoms with Crippen LogP contribution in [-0.4, -0.2) is 113 Å². The molecule has 0 radical (unpaired) electrons. The van der Waals surface area contributed by atoms with Crippen LogP contribution in [0.5, 0.6) is 0 Å². The van der Waals surface area contributed by atoms with E-state index in [9.17, 15) is 32.4 Å². The summed E-state index contributed by atoms with van der Waals surface area (Å²) in [5, 5.41) is 17.1. The second-order valence-corrected chi connectivity index (χ2v) is 13.3. The Morgan fingerprint density at radius 1 is 1.00 bits per heavy atom. The molecule has 4 amide bonds. The Balaban J connectivity index is 1.47. The highest BCUT2D eigenvalue weighted by Crippen LogP contribution is 2.28. The van der Waals surface area contributed by atoms with E-state index in [4.69, 9.17) is 5.41 Å². The molecular formula is C31H41N7O9S. The number of ether oxygens (including phenoxy) is 2. The highest BCUT2D eigenvalue weighted by atomic mass is 32.2. The lowest BCUT2D eigenvalue weighted by Crippen LogP contribution is -2.53. The number of methoxy groups -OCH3 is 2. The molecule has 2 atom stereocenters. The number of carbonyl (C=O) groups is 5. The van der Waals surface area contributed by atoms with Crippen molar-refractivity contribution >= 4 is 56.5 Å². The Morgan fingerprint density at radius 3 is 2.42 bits per heavy atom. The van der Waals surface area contributed by atoms with Crippen molar-refractivity contribution in [3.63, 3.8) is 0 Å². The van der Waals surface area contributed by atoms with Crippen LogP contribution in [0.15, 0.2) is 47.4 Å². The number of hydrogen-bond acceptors (Lipinski definition) is 10. The van der Waals surface area contributed by atoms with Crippen molar-refractivity contribution in [2.45, 2.75) is 49.1 Å². The molecule has 17 heteroatoms. The number of benzene rings is 2. The molecule has 1 aliphatic carbocycles. The summed E-state index contributed by atoms with van der Waals surface area (Å²) in [5.41, 5.74) is 0. The normalized spacial score (nSPS) is 16.7. The topological polar surface area (TPSA) is 216 Å². The number of guanidine groups is 1. The molecule has 1 aliphatic heterocycles. The molecule has 1 heterocycles. The summed E-state index contributed by atoms with van der Waals surface area (Å²) >= 11 is 0. The van der Waals surface area contributed by atoms with E-state index in [2.05, 4.69) is 30.1 Å². The molecule has 2 fully saturated rings. The lowest BCUT2D eigenvalue weighted by molar-refractivity contribution is -0.152. The summed E-state index contributed by atoms with van der Waals surface area (Å²) in [4.78, 5) is 65.1. The molecule has 48 heavy (non-hydrogen) atoms. The molecule has 16 nitrogen and oxygen atoms in total. The molecule has 2 aromatic rings.